The van der Waals surface area contributed by atoms with Gasteiger partial charge in [0.05, 0.1) is 10.7 Å². The molecule has 2 rings (SSSR count). The maximum Gasteiger partial charge on any atom is 0.315 e. The van der Waals surface area contributed by atoms with E-state index in [0.29, 0.717) is 24.4 Å². The fraction of sp³-hybridized carbons (Fsp3) is 0.733. The number of urea groups is 1. The molecule has 1 fully saturated rings. The first-order valence-corrected chi connectivity index (χ1v) is 8.39. The summed E-state index contributed by atoms with van der Waals surface area (Å²) in [7, 11) is 0. The van der Waals surface area contributed by atoms with Crippen LogP contribution in [0.25, 0.3) is 0 Å². The first-order valence-electron chi connectivity index (χ1n) is 7.51. The second-order valence-corrected chi connectivity index (χ2v) is 6.98. The van der Waals surface area contributed by atoms with E-state index in [1.54, 1.807) is 11.3 Å². The highest BCUT2D eigenvalue weighted by Gasteiger charge is 2.28. The van der Waals surface area contributed by atoms with E-state index in [1.165, 1.54) is 19.3 Å². The molecule has 1 saturated carbocycles. The van der Waals surface area contributed by atoms with Crippen LogP contribution >= 0.6 is 11.3 Å². The molecule has 20 heavy (non-hydrogen) atoms. The molecule has 0 saturated heterocycles. The van der Waals surface area contributed by atoms with Gasteiger partial charge in [0, 0.05) is 24.4 Å². The van der Waals surface area contributed by atoms with Gasteiger partial charge < -0.3 is 10.6 Å². The van der Waals surface area contributed by atoms with Crippen LogP contribution in [0.1, 0.15) is 43.8 Å². The van der Waals surface area contributed by atoms with Crippen LogP contribution in [0.5, 0.6) is 0 Å². The van der Waals surface area contributed by atoms with Crippen LogP contribution in [-0.2, 0) is 6.42 Å². The van der Waals surface area contributed by atoms with Crippen LogP contribution < -0.4 is 10.6 Å². The predicted molar refractivity (Wildman–Crippen MR) is 83.1 cm³/mol. The molecule has 0 radical (unpaired) electrons. The van der Waals surface area contributed by atoms with Crippen molar-refractivity contribution in [2.45, 2.75) is 52.5 Å². The number of aromatic nitrogens is 1. The molecule has 2 amide bonds. The monoisotopic (exact) mass is 295 g/mol. The lowest BCUT2D eigenvalue weighted by Crippen LogP contribution is -2.49. The number of hydrogen-bond acceptors (Lipinski definition) is 3. The number of aryl methyl sites for hydroxylation is 1. The number of rotatable bonds is 4. The van der Waals surface area contributed by atoms with Gasteiger partial charge in [-0.15, -0.1) is 11.3 Å². The average Bonchev–Trinajstić information content (AvgIpc) is 2.80. The first kappa shape index (κ1) is 15.3. The van der Waals surface area contributed by atoms with E-state index in [2.05, 4.69) is 34.8 Å². The summed E-state index contributed by atoms with van der Waals surface area (Å²) < 4.78 is 0. The molecule has 3 atom stereocenters. The zero-order valence-corrected chi connectivity index (χ0v) is 13.4. The molecule has 1 unspecified atom stereocenters. The molecular formula is C15H25N3OS. The number of carbonyl (C=O) groups excluding carboxylic acids is 1. The van der Waals surface area contributed by atoms with Crippen LogP contribution in [0.15, 0.2) is 5.38 Å². The van der Waals surface area contributed by atoms with E-state index >= 15 is 0 Å². The second kappa shape index (κ2) is 7.07. The fourth-order valence-electron chi connectivity index (χ4n) is 3.00. The van der Waals surface area contributed by atoms with Crippen molar-refractivity contribution < 1.29 is 4.79 Å². The van der Waals surface area contributed by atoms with Gasteiger partial charge >= 0.3 is 6.03 Å². The predicted octanol–water partition coefficient (Wildman–Crippen LogP) is 3.12. The molecule has 0 bridgehead atoms. The van der Waals surface area contributed by atoms with E-state index in [-0.39, 0.29) is 6.03 Å². The van der Waals surface area contributed by atoms with Gasteiger partial charge in [-0.3, -0.25) is 0 Å². The Hall–Kier alpha value is -1.10. The molecule has 112 valence electrons. The maximum absolute atomic E-state index is 12.0. The highest BCUT2D eigenvalue weighted by atomic mass is 32.1. The molecule has 0 aliphatic heterocycles. The molecule has 5 heteroatoms. The van der Waals surface area contributed by atoms with Gasteiger partial charge in [-0.2, -0.15) is 0 Å². The summed E-state index contributed by atoms with van der Waals surface area (Å²) in [5.74, 6) is 1.15. The summed E-state index contributed by atoms with van der Waals surface area (Å²) >= 11 is 1.65. The molecule has 0 aromatic carbocycles. The van der Waals surface area contributed by atoms with Crippen LogP contribution in [0.4, 0.5) is 4.79 Å². The van der Waals surface area contributed by atoms with Gasteiger partial charge in [-0.1, -0.05) is 20.3 Å². The first-order chi connectivity index (χ1) is 9.56. The fourth-order valence-corrected chi connectivity index (χ4v) is 3.64. The lowest BCUT2D eigenvalue weighted by Gasteiger charge is -2.35. The van der Waals surface area contributed by atoms with Gasteiger partial charge in [0.1, 0.15) is 0 Å². The highest BCUT2D eigenvalue weighted by molar-refractivity contribution is 7.09. The number of nitrogens with zero attached hydrogens (tertiary/aromatic N) is 1. The van der Waals surface area contributed by atoms with Crippen molar-refractivity contribution in [3.63, 3.8) is 0 Å². The molecule has 1 aromatic rings. The smallest absolute Gasteiger partial charge is 0.315 e. The van der Waals surface area contributed by atoms with Gasteiger partial charge in [0.15, 0.2) is 0 Å². The third-order valence-corrected chi connectivity index (χ3v) is 5.00. The highest BCUT2D eigenvalue weighted by Crippen LogP contribution is 2.28. The van der Waals surface area contributed by atoms with Crippen LogP contribution in [0.2, 0.25) is 0 Å². The van der Waals surface area contributed by atoms with E-state index in [9.17, 15) is 4.79 Å². The van der Waals surface area contributed by atoms with Gasteiger partial charge in [0.2, 0.25) is 0 Å². The molecule has 4 nitrogen and oxygen atoms in total. The Bertz CT molecular complexity index is 436. The largest absolute Gasteiger partial charge is 0.338 e. The number of hydrogen-bond donors (Lipinski definition) is 2. The van der Waals surface area contributed by atoms with Crippen molar-refractivity contribution in [2.24, 2.45) is 11.8 Å². The Morgan fingerprint density at radius 3 is 2.70 bits per heavy atom. The third-order valence-electron chi connectivity index (χ3n) is 4.18. The Balaban J connectivity index is 1.72. The van der Waals surface area contributed by atoms with Gasteiger partial charge in [-0.25, -0.2) is 9.78 Å². The van der Waals surface area contributed by atoms with E-state index < -0.39 is 0 Å². The quantitative estimate of drug-likeness (QED) is 0.896. The number of amides is 2. The van der Waals surface area contributed by atoms with Crippen LogP contribution in [0.3, 0.4) is 0 Å². The van der Waals surface area contributed by atoms with Crippen molar-refractivity contribution in [1.82, 2.24) is 15.6 Å². The summed E-state index contributed by atoms with van der Waals surface area (Å²) in [4.78, 5) is 16.4. The molecule has 1 aliphatic carbocycles. The van der Waals surface area contributed by atoms with E-state index in [4.69, 9.17) is 0 Å². The SMILES string of the molecule is Cc1nc(CCNC(=O)NC2[C@H](C)CCC[C@@H]2C)cs1. The molecular weight excluding hydrogens is 270 g/mol. The van der Waals surface area contributed by atoms with Crippen molar-refractivity contribution in [2.75, 3.05) is 6.54 Å². The Morgan fingerprint density at radius 1 is 1.40 bits per heavy atom. The van der Waals surface area contributed by atoms with Crippen molar-refractivity contribution in [3.05, 3.63) is 16.1 Å². The normalized spacial score (nSPS) is 26.2. The number of nitrogens with one attached hydrogen (secondary N) is 2. The number of carbonyl (C=O) groups is 1. The lowest BCUT2D eigenvalue weighted by molar-refractivity contribution is 0.194. The van der Waals surface area contributed by atoms with Gasteiger partial charge in [0.25, 0.3) is 0 Å². The summed E-state index contributed by atoms with van der Waals surface area (Å²) in [6, 6.07) is 0.271. The zero-order valence-electron chi connectivity index (χ0n) is 12.6. The minimum Gasteiger partial charge on any atom is -0.338 e. The molecule has 1 aliphatic rings. The number of thiazole rings is 1. The molecule has 1 aromatic heterocycles. The summed E-state index contributed by atoms with van der Waals surface area (Å²) in [5, 5.41) is 9.22. The van der Waals surface area contributed by atoms with E-state index in [1.807, 2.05) is 6.92 Å². The minimum absolute atomic E-state index is 0.0393. The molecule has 2 N–H and O–H groups in total. The average molecular weight is 295 g/mol. The Labute approximate surface area is 125 Å². The zero-order chi connectivity index (χ0) is 14.5. The van der Waals surface area contributed by atoms with Crippen molar-refractivity contribution in [1.29, 1.82) is 0 Å². The summed E-state index contributed by atoms with van der Waals surface area (Å²) in [6.07, 6.45) is 4.51. The van der Waals surface area contributed by atoms with Crippen LogP contribution in [-0.4, -0.2) is 23.6 Å². The third kappa shape index (κ3) is 4.20. The van der Waals surface area contributed by atoms with Crippen molar-refractivity contribution in [3.8, 4) is 0 Å². The molecule has 0 spiro atoms. The standard InChI is InChI=1S/C15H25N3OS/c1-10-5-4-6-11(2)14(10)18-15(19)16-8-7-13-9-20-12(3)17-13/h9-11,14H,4-8H2,1-3H3,(H2,16,18,19)/t10-,11+,14?. The maximum atomic E-state index is 12.0. The summed E-state index contributed by atoms with van der Waals surface area (Å²) in [5.41, 5.74) is 1.06. The van der Waals surface area contributed by atoms with Gasteiger partial charge in [-0.05, 0) is 31.6 Å². The van der Waals surface area contributed by atoms with E-state index in [0.717, 1.165) is 17.1 Å². The van der Waals surface area contributed by atoms with Crippen LogP contribution in [0, 0.1) is 18.8 Å². The Morgan fingerprint density at radius 2 is 2.10 bits per heavy atom. The Kier molecular flexibility index (Phi) is 5.40. The molecule has 1 heterocycles. The lowest BCUT2D eigenvalue weighted by atomic mass is 9.79. The van der Waals surface area contributed by atoms with Crippen molar-refractivity contribution >= 4 is 17.4 Å². The minimum atomic E-state index is -0.0393. The second-order valence-electron chi connectivity index (χ2n) is 5.92. The summed E-state index contributed by atoms with van der Waals surface area (Å²) in [6.45, 7) is 7.11. The topological polar surface area (TPSA) is 54.0 Å².